The van der Waals surface area contributed by atoms with Crippen LogP contribution in [0.2, 0.25) is 0 Å². The number of nitrogens with zero attached hydrogens (tertiary/aromatic N) is 2. The maximum Gasteiger partial charge on any atom is 0.338 e. The quantitative estimate of drug-likeness (QED) is 0.585. The zero-order valence-electron chi connectivity index (χ0n) is 13.7. The Kier molecular flexibility index (Phi) is 5.50. The summed E-state index contributed by atoms with van der Waals surface area (Å²) in [6.07, 6.45) is 3.63. The van der Waals surface area contributed by atoms with Crippen molar-refractivity contribution in [2.75, 3.05) is 7.11 Å². The maximum atomic E-state index is 12.2. The number of hydrogen-bond acceptors (Lipinski definition) is 4. The van der Waals surface area contributed by atoms with Crippen molar-refractivity contribution < 1.29 is 14.3 Å². The second kappa shape index (κ2) is 7.98. The fraction of sp³-hybridized carbons (Fsp3) is 0.158. The zero-order valence-corrected chi connectivity index (χ0v) is 15.3. The van der Waals surface area contributed by atoms with Gasteiger partial charge in [0.1, 0.15) is 12.4 Å². The first-order chi connectivity index (χ1) is 12.2. The van der Waals surface area contributed by atoms with Gasteiger partial charge >= 0.3 is 5.97 Å². The van der Waals surface area contributed by atoms with E-state index in [1.807, 2.05) is 47.3 Å². The lowest BCUT2D eigenvalue weighted by Gasteiger charge is -2.10. The molecule has 1 aromatic heterocycles. The van der Waals surface area contributed by atoms with Crippen molar-refractivity contribution in [3.05, 3.63) is 82.1 Å². The number of hydrogen-bond donors (Lipinski definition) is 0. The monoisotopic (exact) mass is 400 g/mol. The first-order valence-corrected chi connectivity index (χ1v) is 8.51. The van der Waals surface area contributed by atoms with E-state index in [-0.39, 0.29) is 12.6 Å². The SMILES string of the molecule is COc1ccc(Br)cc1COC(=O)c1ccc(Cn2cccn2)cc1. The smallest absolute Gasteiger partial charge is 0.338 e. The van der Waals surface area contributed by atoms with Crippen LogP contribution in [0.5, 0.6) is 5.75 Å². The van der Waals surface area contributed by atoms with Crippen LogP contribution >= 0.6 is 15.9 Å². The number of carbonyl (C=O) groups is 1. The van der Waals surface area contributed by atoms with Gasteiger partial charge < -0.3 is 9.47 Å². The molecule has 0 bridgehead atoms. The Hall–Kier alpha value is -2.60. The summed E-state index contributed by atoms with van der Waals surface area (Å²) in [6, 6.07) is 14.8. The number of halogens is 1. The van der Waals surface area contributed by atoms with Crippen LogP contribution in [0.3, 0.4) is 0 Å². The molecule has 128 valence electrons. The average molecular weight is 401 g/mol. The molecule has 0 aliphatic rings. The highest BCUT2D eigenvalue weighted by Crippen LogP contribution is 2.24. The molecule has 0 saturated carbocycles. The summed E-state index contributed by atoms with van der Waals surface area (Å²) in [4.78, 5) is 12.2. The maximum absolute atomic E-state index is 12.2. The van der Waals surface area contributed by atoms with Crippen molar-refractivity contribution in [3.8, 4) is 5.75 Å². The minimum absolute atomic E-state index is 0.149. The van der Waals surface area contributed by atoms with Crippen LogP contribution in [-0.2, 0) is 17.9 Å². The summed E-state index contributed by atoms with van der Waals surface area (Å²) in [7, 11) is 1.59. The van der Waals surface area contributed by atoms with E-state index in [0.29, 0.717) is 17.9 Å². The van der Waals surface area contributed by atoms with Crippen molar-refractivity contribution in [1.82, 2.24) is 9.78 Å². The molecule has 25 heavy (non-hydrogen) atoms. The molecule has 6 heteroatoms. The molecular formula is C19H17BrN2O3. The van der Waals surface area contributed by atoms with E-state index >= 15 is 0 Å². The topological polar surface area (TPSA) is 53.4 Å². The molecule has 0 N–H and O–H groups in total. The van der Waals surface area contributed by atoms with Crippen LogP contribution in [-0.4, -0.2) is 22.9 Å². The minimum Gasteiger partial charge on any atom is -0.496 e. The molecule has 2 aromatic carbocycles. The molecular weight excluding hydrogens is 384 g/mol. The van der Waals surface area contributed by atoms with Gasteiger partial charge in [0, 0.05) is 22.4 Å². The Labute approximate surface area is 154 Å². The van der Waals surface area contributed by atoms with Crippen LogP contribution in [0.1, 0.15) is 21.5 Å². The lowest BCUT2D eigenvalue weighted by molar-refractivity contribution is 0.0470. The van der Waals surface area contributed by atoms with Crippen LogP contribution in [0.25, 0.3) is 0 Å². The molecule has 0 radical (unpaired) electrons. The highest BCUT2D eigenvalue weighted by molar-refractivity contribution is 9.10. The van der Waals surface area contributed by atoms with E-state index in [0.717, 1.165) is 15.6 Å². The Balaban J connectivity index is 1.62. The molecule has 0 unspecified atom stereocenters. The van der Waals surface area contributed by atoms with Crippen LogP contribution in [0.4, 0.5) is 0 Å². The fourth-order valence-corrected chi connectivity index (χ4v) is 2.82. The van der Waals surface area contributed by atoms with E-state index in [1.165, 1.54) is 0 Å². The van der Waals surface area contributed by atoms with Crippen LogP contribution in [0.15, 0.2) is 65.4 Å². The lowest BCUT2D eigenvalue weighted by atomic mass is 10.1. The summed E-state index contributed by atoms with van der Waals surface area (Å²) < 4.78 is 13.4. The second-order valence-corrected chi connectivity index (χ2v) is 6.35. The Morgan fingerprint density at radius 2 is 2.00 bits per heavy atom. The molecule has 1 heterocycles. The Morgan fingerprint density at radius 3 is 2.68 bits per heavy atom. The first-order valence-electron chi connectivity index (χ1n) is 7.71. The lowest BCUT2D eigenvalue weighted by Crippen LogP contribution is -2.07. The number of benzene rings is 2. The largest absolute Gasteiger partial charge is 0.496 e. The van der Waals surface area contributed by atoms with Crippen LogP contribution in [0, 0.1) is 0 Å². The summed E-state index contributed by atoms with van der Waals surface area (Å²) in [5.41, 5.74) is 2.38. The number of methoxy groups -OCH3 is 1. The van der Waals surface area contributed by atoms with Gasteiger partial charge in [0.2, 0.25) is 0 Å². The van der Waals surface area contributed by atoms with E-state index in [1.54, 1.807) is 25.4 Å². The van der Waals surface area contributed by atoms with Gasteiger partial charge in [-0.25, -0.2) is 4.79 Å². The summed E-state index contributed by atoms with van der Waals surface area (Å²) in [5, 5.41) is 4.16. The van der Waals surface area contributed by atoms with Crippen molar-refractivity contribution in [2.45, 2.75) is 13.2 Å². The molecule has 0 amide bonds. The number of rotatable bonds is 6. The van der Waals surface area contributed by atoms with Crippen molar-refractivity contribution in [1.29, 1.82) is 0 Å². The number of aromatic nitrogens is 2. The van der Waals surface area contributed by atoms with Gasteiger partial charge in [0.15, 0.2) is 0 Å². The molecule has 0 saturated heterocycles. The van der Waals surface area contributed by atoms with Gasteiger partial charge in [-0.15, -0.1) is 0 Å². The third kappa shape index (κ3) is 4.48. The van der Waals surface area contributed by atoms with Gasteiger partial charge in [-0.2, -0.15) is 5.10 Å². The fourth-order valence-electron chi connectivity index (χ4n) is 2.41. The predicted molar refractivity (Wildman–Crippen MR) is 97.6 cm³/mol. The summed E-state index contributed by atoms with van der Waals surface area (Å²) >= 11 is 3.41. The van der Waals surface area contributed by atoms with E-state index < -0.39 is 0 Å². The molecule has 3 rings (SSSR count). The van der Waals surface area contributed by atoms with Crippen molar-refractivity contribution in [3.63, 3.8) is 0 Å². The second-order valence-electron chi connectivity index (χ2n) is 5.43. The molecule has 3 aromatic rings. The standard InChI is InChI=1S/C19H17BrN2O3/c1-24-18-8-7-17(20)11-16(18)13-25-19(23)15-5-3-14(4-6-15)12-22-10-2-9-21-22/h2-11H,12-13H2,1H3. The van der Waals surface area contributed by atoms with Crippen molar-refractivity contribution in [2.24, 2.45) is 0 Å². The van der Waals surface area contributed by atoms with Gasteiger partial charge in [-0.3, -0.25) is 4.68 Å². The molecule has 5 nitrogen and oxygen atoms in total. The Bertz CT molecular complexity index is 846. The minimum atomic E-state index is -0.368. The average Bonchev–Trinajstić information content (AvgIpc) is 3.13. The zero-order chi connectivity index (χ0) is 17.6. The molecule has 0 spiro atoms. The van der Waals surface area contributed by atoms with Gasteiger partial charge in [-0.1, -0.05) is 28.1 Å². The van der Waals surface area contributed by atoms with E-state index in [9.17, 15) is 4.79 Å². The normalized spacial score (nSPS) is 10.5. The van der Waals surface area contributed by atoms with Crippen molar-refractivity contribution >= 4 is 21.9 Å². The third-order valence-corrected chi connectivity index (χ3v) is 4.19. The number of esters is 1. The molecule has 0 aliphatic carbocycles. The molecule has 0 aliphatic heterocycles. The van der Waals surface area contributed by atoms with E-state index in [2.05, 4.69) is 21.0 Å². The highest BCUT2D eigenvalue weighted by Gasteiger charge is 2.10. The van der Waals surface area contributed by atoms with Gasteiger partial charge in [0.25, 0.3) is 0 Å². The first kappa shape index (κ1) is 17.2. The summed E-state index contributed by atoms with van der Waals surface area (Å²) in [6.45, 7) is 0.814. The van der Waals surface area contributed by atoms with Crippen LogP contribution < -0.4 is 4.74 Å². The molecule has 0 fully saturated rings. The molecule has 0 atom stereocenters. The Morgan fingerprint density at radius 1 is 1.20 bits per heavy atom. The van der Waals surface area contributed by atoms with Gasteiger partial charge in [0.05, 0.1) is 19.2 Å². The van der Waals surface area contributed by atoms with E-state index in [4.69, 9.17) is 9.47 Å². The van der Waals surface area contributed by atoms with Gasteiger partial charge in [-0.05, 0) is 42.0 Å². The number of carbonyl (C=O) groups excluding carboxylic acids is 1. The number of ether oxygens (including phenoxy) is 2. The third-order valence-electron chi connectivity index (χ3n) is 3.69. The summed E-state index contributed by atoms with van der Waals surface area (Å²) in [5.74, 6) is 0.318. The predicted octanol–water partition coefficient (Wildman–Crippen LogP) is 4.06. The highest BCUT2D eigenvalue weighted by atomic mass is 79.9.